The van der Waals surface area contributed by atoms with Gasteiger partial charge in [-0.05, 0) is 0 Å². The van der Waals surface area contributed by atoms with Crippen molar-refractivity contribution in [2.75, 3.05) is 0 Å². The topological polar surface area (TPSA) is 0 Å². The molecule has 0 heterocycles. The van der Waals surface area contributed by atoms with E-state index in [1.165, 1.54) is 27.8 Å². The van der Waals surface area contributed by atoms with Gasteiger partial charge in [0.25, 0.3) is 0 Å². The molecule has 0 aliphatic heterocycles. The maximum absolute atomic E-state index is 2.53. The zero-order valence-corrected chi connectivity index (χ0v) is 19.8. The van der Waals surface area contributed by atoms with Crippen LogP contribution in [0.15, 0.2) is 104 Å². The Labute approximate surface area is 196 Å². The molecule has 3 aromatic rings. The van der Waals surface area contributed by atoms with Crippen molar-refractivity contribution in [3.8, 4) is 11.1 Å². The van der Waals surface area contributed by atoms with Crippen LogP contribution in [0, 0.1) is 0 Å². The molecule has 142 valence electrons. The van der Waals surface area contributed by atoms with Gasteiger partial charge in [0.1, 0.15) is 0 Å². The number of hydrogen-bond donors (Lipinski definition) is 0. The molecule has 0 spiro atoms. The van der Waals surface area contributed by atoms with Gasteiger partial charge in [0.2, 0.25) is 0 Å². The molecule has 29 heavy (non-hydrogen) atoms. The van der Waals surface area contributed by atoms with Crippen LogP contribution in [0.2, 0.25) is 0 Å². The third kappa shape index (κ3) is 4.43. The first-order chi connectivity index (χ1) is 13.4. The molecule has 2 aliphatic rings. The van der Waals surface area contributed by atoms with E-state index in [0.29, 0.717) is 5.92 Å². The monoisotopic (exact) mass is 492 g/mol. The van der Waals surface area contributed by atoms with Crippen LogP contribution in [0.5, 0.6) is 0 Å². The first-order valence-corrected chi connectivity index (χ1v) is 11.9. The predicted octanol–water partition coefficient (Wildman–Crippen LogP) is 0.774. The molecule has 0 saturated carbocycles. The molecule has 1 unspecified atom stereocenters. The molecule has 0 N–H and O–H groups in total. The van der Waals surface area contributed by atoms with Crippen LogP contribution in [-0.4, -0.2) is 0 Å². The van der Waals surface area contributed by atoms with Gasteiger partial charge in [0.05, 0.1) is 0 Å². The quantitative estimate of drug-likeness (QED) is 0.503. The summed E-state index contributed by atoms with van der Waals surface area (Å²) in [5.74, 6) is 0.429. The summed E-state index contributed by atoms with van der Waals surface area (Å²) in [6.45, 7) is 0. The van der Waals surface area contributed by atoms with E-state index in [4.69, 9.17) is 0 Å². The number of rotatable bonds is 4. The maximum atomic E-state index is 2.53. The van der Waals surface area contributed by atoms with Crippen LogP contribution in [0.4, 0.5) is 0 Å². The molecule has 2 aliphatic carbocycles. The van der Waals surface area contributed by atoms with E-state index in [1.807, 2.05) is 0 Å². The van der Waals surface area contributed by atoms with Gasteiger partial charge in [-0.15, -0.1) is 0 Å². The molecule has 0 saturated heterocycles. The summed E-state index contributed by atoms with van der Waals surface area (Å²) in [4.78, 5) is 0. The van der Waals surface area contributed by atoms with E-state index >= 15 is 0 Å². The van der Waals surface area contributed by atoms with Gasteiger partial charge in [0, 0.05) is 0 Å². The Bertz CT molecular complexity index is 1070. The molecule has 0 bridgehead atoms. The van der Waals surface area contributed by atoms with Gasteiger partial charge in [-0.3, -0.25) is 0 Å². The van der Waals surface area contributed by atoms with Gasteiger partial charge in [0.15, 0.2) is 0 Å². The fourth-order valence-corrected chi connectivity index (χ4v) is 7.68. The van der Waals surface area contributed by atoms with Crippen molar-refractivity contribution in [3.63, 3.8) is 0 Å². The fourth-order valence-electron chi connectivity index (χ4n) is 4.11. The van der Waals surface area contributed by atoms with Crippen LogP contribution in [0.1, 0.15) is 29.0 Å². The van der Waals surface area contributed by atoms with E-state index < -0.39 is 23.2 Å². The Morgan fingerprint density at radius 2 is 1.48 bits per heavy atom. The molecule has 5 rings (SSSR count). The standard InChI is InChI=1S/C21H15.C5H5.2ClH.Zr/c1-3-8-16(9-4-1)18-12-7-13-20-19(14-15-21(18)20)17-10-5-2-6-11-17;1-2-4-5-3-1;;;/h1-13,15,19H;1-3H,4H2;2*1H;/q;;;;+2/p-2. The number of halogens is 2. The second kappa shape index (κ2) is 9.90. The van der Waals surface area contributed by atoms with E-state index in [0.717, 1.165) is 6.42 Å². The average molecular weight is 495 g/mol. The first-order valence-electron chi connectivity index (χ1n) is 9.48. The minimum atomic E-state index is -0.758. The number of hydrogen-bond acceptors (Lipinski definition) is 0. The summed E-state index contributed by atoms with van der Waals surface area (Å²) in [7, 11) is 0. The Kier molecular flexibility index (Phi) is 7.52. The molecule has 0 nitrogen and oxygen atoms in total. The van der Waals surface area contributed by atoms with Gasteiger partial charge in [-0.2, -0.15) is 0 Å². The van der Waals surface area contributed by atoms with E-state index in [1.54, 1.807) is 6.56 Å². The second-order valence-corrected chi connectivity index (χ2v) is 10.7. The number of allylic oxidation sites excluding steroid dienone is 5. The SMILES string of the molecule is C1=CC[C]([Zr+2][C]2=Cc3c(-c4ccccc4)cccc3C2c2ccccc2)=C1.[Cl-].[Cl-]. The molecule has 3 heteroatoms. The van der Waals surface area contributed by atoms with Crippen LogP contribution in [0.25, 0.3) is 17.2 Å². The Balaban J connectivity index is 0.00000120. The summed E-state index contributed by atoms with van der Waals surface area (Å²) in [6, 6.07) is 28.7. The third-order valence-electron chi connectivity index (χ3n) is 5.36. The van der Waals surface area contributed by atoms with Gasteiger partial charge in [-0.25, -0.2) is 0 Å². The smallest absolute Gasteiger partial charge is 1.00 e. The summed E-state index contributed by atoms with van der Waals surface area (Å²) >= 11 is -0.758. The molecule has 0 fully saturated rings. The van der Waals surface area contributed by atoms with Crippen molar-refractivity contribution in [3.05, 3.63) is 120 Å². The zero-order valence-electron chi connectivity index (χ0n) is 15.9. The summed E-state index contributed by atoms with van der Waals surface area (Å²) < 4.78 is 3.36. The van der Waals surface area contributed by atoms with Crippen molar-refractivity contribution in [2.24, 2.45) is 0 Å². The predicted molar refractivity (Wildman–Crippen MR) is 110 cm³/mol. The van der Waals surface area contributed by atoms with Gasteiger partial charge < -0.3 is 24.8 Å². The zero-order chi connectivity index (χ0) is 18.1. The Hall–Kier alpha value is -1.66. The molecule has 1 atom stereocenters. The summed E-state index contributed by atoms with van der Waals surface area (Å²) in [5, 5.41) is 0. The van der Waals surface area contributed by atoms with Crippen LogP contribution in [0.3, 0.4) is 0 Å². The van der Waals surface area contributed by atoms with Crippen LogP contribution < -0.4 is 24.8 Å². The summed E-state index contributed by atoms with van der Waals surface area (Å²) in [5.41, 5.74) is 7.01. The number of benzene rings is 3. The van der Waals surface area contributed by atoms with E-state index in [9.17, 15) is 0 Å². The van der Waals surface area contributed by atoms with E-state index in [-0.39, 0.29) is 24.8 Å². The van der Waals surface area contributed by atoms with Crippen LogP contribution in [-0.2, 0) is 23.2 Å². The molecular formula is C26H20Cl2Zr. The third-order valence-corrected chi connectivity index (χ3v) is 8.83. The Morgan fingerprint density at radius 1 is 0.759 bits per heavy atom. The normalized spacial score (nSPS) is 16.1. The van der Waals surface area contributed by atoms with Gasteiger partial charge >= 0.3 is 173 Å². The van der Waals surface area contributed by atoms with Gasteiger partial charge in [-0.1, -0.05) is 0 Å². The first kappa shape index (κ1) is 22.0. The van der Waals surface area contributed by atoms with Crippen molar-refractivity contribution in [1.29, 1.82) is 0 Å². The fraction of sp³-hybridized carbons (Fsp3) is 0.0769. The Morgan fingerprint density at radius 3 is 2.17 bits per heavy atom. The minimum Gasteiger partial charge on any atom is -1.00 e. The summed E-state index contributed by atoms with van der Waals surface area (Å²) in [6.07, 6.45) is 10.6. The second-order valence-electron chi connectivity index (χ2n) is 7.07. The van der Waals surface area contributed by atoms with Crippen LogP contribution >= 0.6 is 0 Å². The number of fused-ring (bicyclic) bond motifs is 1. The molecule has 0 aromatic heterocycles. The molecule has 0 amide bonds. The largest absolute Gasteiger partial charge is 1.00 e. The van der Waals surface area contributed by atoms with Crippen molar-refractivity contribution in [2.45, 2.75) is 12.3 Å². The molecular weight excluding hydrogens is 474 g/mol. The molecule has 3 aromatic carbocycles. The van der Waals surface area contributed by atoms with Crippen molar-refractivity contribution in [1.82, 2.24) is 0 Å². The average Bonchev–Trinajstić information content (AvgIpc) is 3.36. The van der Waals surface area contributed by atoms with Crippen molar-refractivity contribution < 1.29 is 48.0 Å². The van der Waals surface area contributed by atoms with E-state index in [2.05, 4.69) is 103 Å². The van der Waals surface area contributed by atoms with Crippen molar-refractivity contribution >= 4 is 6.08 Å². The molecule has 0 radical (unpaired) electrons. The minimum absolute atomic E-state index is 0. The maximum Gasteiger partial charge on any atom is -1.00 e.